The van der Waals surface area contributed by atoms with Gasteiger partial charge < -0.3 is 5.73 Å². The number of benzene rings is 1. The van der Waals surface area contributed by atoms with Crippen LogP contribution in [0, 0.1) is 17.0 Å². The monoisotopic (exact) mass is 319 g/mol. The lowest BCUT2D eigenvalue weighted by Gasteiger charge is -2.17. The third kappa shape index (κ3) is 2.64. The summed E-state index contributed by atoms with van der Waals surface area (Å²) >= 11 is 5.90. The Labute approximate surface area is 121 Å². The molecule has 9 heteroatoms. The molecule has 0 amide bonds. The fourth-order valence-electron chi connectivity index (χ4n) is 2.15. The van der Waals surface area contributed by atoms with Crippen molar-refractivity contribution in [3.05, 3.63) is 32.8 Å². The van der Waals surface area contributed by atoms with Gasteiger partial charge in [-0.2, -0.15) is 4.31 Å². The zero-order valence-corrected chi connectivity index (χ0v) is 12.3. The number of aryl methyl sites for hydroxylation is 1. The van der Waals surface area contributed by atoms with E-state index >= 15 is 0 Å². The fourth-order valence-corrected chi connectivity index (χ4v) is 4.30. The lowest BCUT2D eigenvalue weighted by atomic mass is 10.2. The highest BCUT2D eigenvalue weighted by Gasteiger charge is 2.34. The van der Waals surface area contributed by atoms with Crippen molar-refractivity contribution in [3.8, 4) is 0 Å². The summed E-state index contributed by atoms with van der Waals surface area (Å²) < 4.78 is 26.2. The molecule has 0 aliphatic carbocycles. The van der Waals surface area contributed by atoms with Crippen LogP contribution in [0.1, 0.15) is 12.0 Å². The molecule has 110 valence electrons. The van der Waals surface area contributed by atoms with Crippen molar-refractivity contribution in [3.63, 3.8) is 0 Å². The van der Waals surface area contributed by atoms with Crippen molar-refractivity contribution in [1.82, 2.24) is 4.31 Å². The molecule has 20 heavy (non-hydrogen) atoms. The number of sulfonamides is 1. The maximum absolute atomic E-state index is 12.5. The molecule has 1 heterocycles. The number of halogens is 1. The Morgan fingerprint density at radius 1 is 1.50 bits per heavy atom. The summed E-state index contributed by atoms with van der Waals surface area (Å²) in [6, 6.07) is 2.37. The van der Waals surface area contributed by atoms with Gasteiger partial charge in [0.15, 0.2) is 0 Å². The second-order valence-corrected chi connectivity index (χ2v) is 7.05. The topological polar surface area (TPSA) is 107 Å². The first kappa shape index (κ1) is 15.2. The summed E-state index contributed by atoms with van der Waals surface area (Å²) in [4.78, 5) is 9.99. The van der Waals surface area contributed by atoms with Crippen LogP contribution in [0.5, 0.6) is 0 Å². The predicted molar refractivity (Wildman–Crippen MR) is 74.2 cm³/mol. The number of nitro groups is 1. The Kier molecular flexibility index (Phi) is 4.01. The van der Waals surface area contributed by atoms with E-state index in [1.807, 2.05) is 0 Å². The molecule has 0 saturated carbocycles. The second kappa shape index (κ2) is 5.28. The lowest BCUT2D eigenvalue weighted by Crippen LogP contribution is -2.32. The maximum Gasteiger partial charge on any atom is 0.289 e. The maximum atomic E-state index is 12.5. The van der Waals surface area contributed by atoms with Gasteiger partial charge in [0.25, 0.3) is 5.69 Å². The number of nitrogens with two attached hydrogens (primary N) is 1. The van der Waals surface area contributed by atoms with Crippen LogP contribution in [0.3, 0.4) is 0 Å². The number of nitrogens with zero attached hydrogens (tertiary/aromatic N) is 2. The average molecular weight is 320 g/mol. The molecule has 1 aliphatic rings. The van der Waals surface area contributed by atoms with Crippen LogP contribution in [0.15, 0.2) is 17.0 Å². The Bertz CT molecular complexity index is 662. The van der Waals surface area contributed by atoms with Gasteiger partial charge in [0.2, 0.25) is 10.0 Å². The summed E-state index contributed by atoms with van der Waals surface area (Å²) in [7, 11) is -3.86. The zero-order chi connectivity index (χ0) is 15.1. The van der Waals surface area contributed by atoms with E-state index in [9.17, 15) is 18.5 Å². The summed E-state index contributed by atoms with van der Waals surface area (Å²) in [6.07, 6.45) is 0.560. The molecule has 1 fully saturated rings. The van der Waals surface area contributed by atoms with E-state index in [1.165, 1.54) is 16.4 Å². The van der Waals surface area contributed by atoms with Gasteiger partial charge in [-0.15, -0.1) is 0 Å². The summed E-state index contributed by atoms with van der Waals surface area (Å²) in [6.45, 7) is 2.07. The van der Waals surface area contributed by atoms with Gasteiger partial charge in [0, 0.05) is 25.2 Å². The number of hydrogen-bond donors (Lipinski definition) is 1. The van der Waals surface area contributed by atoms with Crippen LogP contribution in [-0.2, 0) is 10.0 Å². The Balaban J connectivity index is 2.55. The van der Waals surface area contributed by atoms with E-state index in [-0.39, 0.29) is 22.5 Å². The van der Waals surface area contributed by atoms with Crippen molar-refractivity contribution < 1.29 is 13.3 Å². The highest BCUT2D eigenvalue weighted by atomic mass is 35.5. The first-order chi connectivity index (χ1) is 9.23. The quantitative estimate of drug-likeness (QED) is 0.667. The molecule has 0 spiro atoms. The molecule has 1 atom stereocenters. The first-order valence-electron chi connectivity index (χ1n) is 5.93. The largest absolute Gasteiger partial charge is 0.326 e. The molecule has 2 rings (SSSR count). The Morgan fingerprint density at radius 3 is 2.65 bits per heavy atom. The highest BCUT2D eigenvalue weighted by Crippen LogP contribution is 2.34. The van der Waals surface area contributed by atoms with Crippen LogP contribution < -0.4 is 5.73 Å². The normalized spacial score (nSPS) is 20.2. The van der Waals surface area contributed by atoms with Gasteiger partial charge in [-0.25, -0.2) is 8.42 Å². The lowest BCUT2D eigenvalue weighted by molar-refractivity contribution is -0.385. The standard InChI is InChI=1S/C11H14ClN3O4S/c1-7-4-9(15(16)17)11(12)10(5-7)20(18,19)14-3-2-8(13)6-14/h4-5,8H,2-3,6,13H2,1H3/t8-/m1/s1. The smallest absolute Gasteiger partial charge is 0.289 e. The number of hydrogen-bond acceptors (Lipinski definition) is 5. The third-order valence-corrected chi connectivity index (χ3v) is 5.56. The first-order valence-corrected chi connectivity index (χ1v) is 7.75. The number of nitro benzene ring substituents is 1. The van der Waals surface area contributed by atoms with Crippen LogP contribution in [0.25, 0.3) is 0 Å². The molecule has 2 N–H and O–H groups in total. The third-order valence-electron chi connectivity index (χ3n) is 3.17. The van der Waals surface area contributed by atoms with Crippen LogP contribution in [0.2, 0.25) is 5.02 Å². The fraction of sp³-hybridized carbons (Fsp3) is 0.455. The van der Waals surface area contributed by atoms with Crippen LogP contribution in [0.4, 0.5) is 5.69 Å². The van der Waals surface area contributed by atoms with E-state index in [2.05, 4.69) is 0 Å². The zero-order valence-electron chi connectivity index (χ0n) is 10.7. The van der Waals surface area contributed by atoms with Gasteiger partial charge >= 0.3 is 0 Å². The van der Waals surface area contributed by atoms with Crippen molar-refractivity contribution in [1.29, 1.82) is 0 Å². The van der Waals surface area contributed by atoms with Crippen molar-refractivity contribution >= 4 is 27.3 Å². The molecule has 0 bridgehead atoms. The van der Waals surface area contributed by atoms with Crippen LogP contribution in [-0.4, -0.2) is 36.8 Å². The molecule has 1 aromatic rings. The molecule has 1 aromatic carbocycles. The van der Waals surface area contributed by atoms with Crippen molar-refractivity contribution in [2.24, 2.45) is 5.73 Å². The summed E-state index contributed by atoms with van der Waals surface area (Å²) in [5.74, 6) is 0. The SMILES string of the molecule is Cc1cc([N+](=O)[O-])c(Cl)c(S(=O)(=O)N2CC[C@@H](N)C2)c1. The van der Waals surface area contributed by atoms with E-state index in [1.54, 1.807) is 6.92 Å². The molecule has 1 saturated heterocycles. The Morgan fingerprint density at radius 2 is 2.15 bits per heavy atom. The predicted octanol–water partition coefficient (Wildman–Crippen LogP) is 1.28. The van der Waals surface area contributed by atoms with Gasteiger partial charge in [-0.05, 0) is 25.0 Å². The van der Waals surface area contributed by atoms with Gasteiger partial charge in [-0.1, -0.05) is 11.6 Å². The molecular weight excluding hydrogens is 306 g/mol. The summed E-state index contributed by atoms with van der Waals surface area (Å²) in [5, 5.41) is 10.6. The minimum atomic E-state index is -3.86. The average Bonchev–Trinajstić information content (AvgIpc) is 2.78. The van der Waals surface area contributed by atoms with Crippen LogP contribution >= 0.6 is 11.6 Å². The van der Waals surface area contributed by atoms with Gasteiger partial charge in [0.1, 0.15) is 9.92 Å². The molecule has 7 nitrogen and oxygen atoms in total. The van der Waals surface area contributed by atoms with E-state index < -0.39 is 20.6 Å². The molecule has 0 aromatic heterocycles. The molecule has 0 radical (unpaired) electrons. The van der Waals surface area contributed by atoms with E-state index in [0.29, 0.717) is 18.5 Å². The molecular formula is C11H14ClN3O4S. The van der Waals surface area contributed by atoms with E-state index in [0.717, 1.165) is 0 Å². The minimum absolute atomic E-state index is 0.195. The highest BCUT2D eigenvalue weighted by molar-refractivity contribution is 7.89. The minimum Gasteiger partial charge on any atom is -0.326 e. The Hall–Kier alpha value is -1.22. The summed E-state index contributed by atoms with van der Waals surface area (Å²) in [5.41, 5.74) is 5.75. The number of rotatable bonds is 3. The van der Waals surface area contributed by atoms with Gasteiger partial charge in [0.05, 0.1) is 4.92 Å². The second-order valence-electron chi connectivity index (χ2n) is 4.77. The van der Waals surface area contributed by atoms with Crippen molar-refractivity contribution in [2.45, 2.75) is 24.3 Å². The van der Waals surface area contributed by atoms with Gasteiger partial charge in [-0.3, -0.25) is 10.1 Å². The molecule has 0 unspecified atom stereocenters. The van der Waals surface area contributed by atoms with E-state index in [4.69, 9.17) is 17.3 Å². The van der Waals surface area contributed by atoms with Crippen molar-refractivity contribution in [2.75, 3.05) is 13.1 Å². The molecule has 1 aliphatic heterocycles.